The van der Waals surface area contributed by atoms with E-state index >= 15 is 0 Å². The van der Waals surface area contributed by atoms with E-state index < -0.39 is 0 Å². The van der Waals surface area contributed by atoms with Gasteiger partial charge in [0.05, 0.1) is 0 Å². The van der Waals surface area contributed by atoms with Crippen LogP contribution < -0.4 is 5.32 Å². The zero-order chi connectivity index (χ0) is 14.8. The average molecular weight is 267 g/mol. The fraction of sp³-hybridized carbons (Fsp3) is 0.176. The Morgan fingerprint density at radius 1 is 1.15 bits per heavy atom. The standard InChI is InChI=1S/C17H21N3/c1-5-7-11-14(6-2)16(18-3)20-17(19-4)15-12-9-8-10-13-15/h5-13H,1H2,2-4H3,(H,18,19,20)/b11-7-,14-6+. The van der Waals surface area contributed by atoms with Gasteiger partial charge in [-0.05, 0) is 6.92 Å². The molecule has 0 amide bonds. The van der Waals surface area contributed by atoms with Gasteiger partial charge >= 0.3 is 0 Å². The summed E-state index contributed by atoms with van der Waals surface area (Å²) in [7, 11) is 3.52. The second-order valence-electron chi connectivity index (χ2n) is 3.97. The van der Waals surface area contributed by atoms with Crippen molar-refractivity contribution in [3.63, 3.8) is 0 Å². The second kappa shape index (κ2) is 8.64. The summed E-state index contributed by atoms with van der Waals surface area (Å²) in [5, 5.41) is 3.28. The van der Waals surface area contributed by atoms with Crippen molar-refractivity contribution in [1.82, 2.24) is 5.32 Å². The van der Waals surface area contributed by atoms with Crippen LogP contribution >= 0.6 is 0 Å². The summed E-state index contributed by atoms with van der Waals surface area (Å²) in [4.78, 5) is 8.59. The molecule has 1 N–H and O–H groups in total. The van der Waals surface area contributed by atoms with E-state index in [0.29, 0.717) is 0 Å². The van der Waals surface area contributed by atoms with Crippen LogP contribution in [0.5, 0.6) is 0 Å². The molecule has 1 rings (SSSR count). The van der Waals surface area contributed by atoms with Crippen LogP contribution in [0.25, 0.3) is 0 Å². The van der Waals surface area contributed by atoms with Crippen LogP contribution in [0.3, 0.4) is 0 Å². The number of rotatable bonds is 4. The summed E-state index contributed by atoms with van der Waals surface area (Å²) < 4.78 is 0. The van der Waals surface area contributed by atoms with Crippen LogP contribution in [0.1, 0.15) is 12.5 Å². The van der Waals surface area contributed by atoms with Gasteiger partial charge in [-0.25, -0.2) is 0 Å². The number of nitrogens with zero attached hydrogens (tertiary/aromatic N) is 2. The van der Waals surface area contributed by atoms with E-state index in [1.165, 1.54) is 0 Å². The zero-order valence-corrected chi connectivity index (χ0v) is 12.3. The van der Waals surface area contributed by atoms with Crippen LogP contribution in [0.2, 0.25) is 0 Å². The maximum absolute atomic E-state index is 4.30. The van der Waals surface area contributed by atoms with E-state index in [1.807, 2.05) is 55.5 Å². The minimum absolute atomic E-state index is 0.773. The van der Waals surface area contributed by atoms with Gasteiger partial charge in [-0.3, -0.25) is 9.98 Å². The lowest BCUT2D eigenvalue weighted by Gasteiger charge is -2.12. The van der Waals surface area contributed by atoms with Gasteiger partial charge in [-0.15, -0.1) is 0 Å². The summed E-state index contributed by atoms with van der Waals surface area (Å²) >= 11 is 0. The maximum Gasteiger partial charge on any atom is 0.133 e. The highest BCUT2D eigenvalue weighted by molar-refractivity contribution is 6.15. The van der Waals surface area contributed by atoms with Gasteiger partial charge in [0, 0.05) is 25.2 Å². The number of benzene rings is 1. The lowest BCUT2D eigenvalue weighted by Crippen LogP contribution is -2.32. The molecule has 0 unspecified atom stereocenters. The molecule has 0 fully saturated rings. The molecule has 20 heavy (non-hydrogen) atoms. The summed E-state index contributed by atoms with van der Waals surface area (Å²) in [6, 6.07) is 9.98. The van der Waals surface area contributed by atoms with Crippen molar-refractivity contribution < 1.29 is 0 Å². The largest absolute Gasteiger partial charge is 0.325 e. The Hall–Kier alpha value is -2.42. The molecular weight excluding hydrogens is 246 g/mol. The van der Waals surface area contributed by atoms with Crippen LogP contribution in [0.15, 0.2) is 76.8 Å². The molecule has 0 aromatic heterocycles. The van der Waals surface area contributed by atoms with Gasteiger partial charge in [-0.2, -0.15) is 0 Å². The maximum atomic E-state index is 4.30. The molecular formula is C17H21N3. The summed E-state index contributed by atoms with van der Waals surface area (Å²) in [6.07, 6.45) is 7.57. The Morgan fingerprint density at radius 3 is 2.35 bits per heavy atom. The first-order valence-corrected chi connectivity index (χ1v) is 6.48. The van der Waals surface area contributed by atoms with E-state index in [1.54, 1.807) is 20.2 Å². The third-order valence-corrected chi connectivity index (χ3v) is 2.73. The smallest absolute Gasteiger partial charge is 0.133 e. The molecule has 0 heterocycles. The number of aliphatic imine (C=N–C) groups is 2. The molecule has 0 saturated carbocycles. The second-order valence-corrected chi connectivity index (χ2v) is 3.97. The monoisotopic (exact) mass is 267 g/mol. The first kappa shape index (κ1) is 15.6. The molecule has 0 bridgehead atoms. The van der Waals surface area contributed by atoms with Crippen molar-refractivity contribution >= 4 is 11.7 Å². The number of allylic oxidation sites excluding steroid dienone is 3. The minimum atomic E-state index is 0.773. The lowest BCUT2D eigenvalue weighted by molar-refractivity contribution is 1.24. The zero-order valence-electron chi connectivity index (χ0n) is 12.3. The van der Waals surface area contributed by atoms with Crippen molar-refractivity contribution in [3.05, 3.63) is 72.4 Å². The highest BCUT2D eigenvalue weighted by Gasteiger charge is 2.07. The first-order chi connectivity index (χ1) is 9.76. The predicted molar refractivity (Wildman–Crippen MR) is 88.5 cm³/mol. The first-order valence-electron chi connectivity index (χ1n) is 6.48. The van der Waals surface area contributed by atoms with Crippen LogP contribution in [-0.4, -0.2) is 25.8 Å². The Bertz CT molecular complexity index is 549. The van der Waals surface area contributed by atoms with E-state index in [2.05, 4.69) is 21.9 Å². The van der Waals surface area contributed by atoms with E-state index in [-0.39, 0.29) is 0 Å². The Labute approximate surface area is 121 Å². The van der Waals surface area contributed by atoms with Crippen molar-refractivity contribution in [1.29, 1.82) is 0 Å². The molecule has 0 aliphatic heterocycles. The van der Waals surface area contributed by atoms with Crippen LogP contribution in [0.4, 0.5) is 0 Å². The molecule has 0 radical (unpaired) electrons. The molecule has 104 valence electrons. The van der Waals surface area contributed by atoms with Gasteiger partial charge < -0.3 is 5.32 Å². The topological polar surface area (TPSA) is 36.8 Å². The van der Waals surface area contributed by atoms with Crippen LogP contribution in [0, 0.1) is 0 Å². The third kappa shape index (κ3) is 4.35. The van der Waals surface area contributed by atoms with Gasteiger partial charge in [0.25, 0.3) is 0 Å². The quantitative estimate of drug-likeness (QED) is 0.507. The molecule has 1 aromatic rings. The average Bonchev–Trinajstić information content (AvgIpc) is 2.51. The van der Waals surface area contributed by atoms with Gasteiger partial charge in [0.1, 0.15) is 11.7 Å². The molecule has 3 heteroatoms. The number of hydrogen-bond donors (Lipinski definition) is 1. The predicted octanol–water partition coefficient (Wildman–Crippen LogP) is 3.37. The Kier molecular flexibility index (Phi) is 6.76. The normalized spacial score (nSPS) is 13.7. The van der Waals surface area contributed by atoms with Crippen molar-refractivity contribution in [3.8, 4) is 0 Å². The Morgan fingerprint density at radius 2 is 1.85 bits per heavy atom. The lowest BCUT2D eigenvalue weighted by atomic mass is 10.1. The minimum Gasteiger partial charge on any atom is -0.325 e. The third-order valence-electron chi connectivity index (χ3n) is 2.73. The molecule has 3 nitrogen and oxygen atoms in total. The molecule has 0 spiro atoms. The molecule has 0 atom stereocenters. The van der Waals surface area contributed by atoms with E-state index in [4.69, 9.17) is 0 Å². The number of hydrogen-bond acceptors (Lipinski definition) is 2. The van der Waals surface area contributed by atoms with Crippen molar-refractivity contribution in [2.24, 2.45) is 9.98 Å². The van der Waals surface area contributed by atoms with Gasteiger partial charge in [0.15, 0.2) is 0 Å². The fourth-order valence-electron chi connectivity index (χ4n) is 1.71. The van der Waals surface area contributed by atoms with E-state index in [0.717, 1.165) is 22.8 Å². The summed E-state index contributed by atoms with van der Waals surface area (Å²) in [5.41, 5.74) is 2.02. The van der Waals surface area contributed by atoms with Gasteiger partial charge in [-0.1, -0.05) is 61.2 Å². The molecule has 0 saturated heterocycles. The number of amidine groups is 2. The molecule has 0 aliphatic rings. The Balaban J connectivity index is 2.99. The SMILES string of the molecule is C=C/C=C\C(=C/C)C(=NC)NC(=NC)c1ccccc1. The van der Waals surface area contributed by atoms with Gasteiger partial charge in [0.2, 0.25) is 0 Å². The molecule has 1 aromatic carbocycles. The summed E-state index contributed by atoms with van der Waals surface area (Å²) in [5.74, 6) is 1.56. The highest BCUT2D eigenvalue weighted by atomic mass is 15.0. The number of nitrogens with one attached hydrogen (secondary N) is 1. The highest BCUT2D eigenvalue weighted by Crippen LogP contribution is 2.04. The van der Waals surface area contributed by atoms with E-state index in [9.17, 15) is 0 Å². The van der Waals surface area contributed by atoms with Crippen LogP contribution in [-0.2, 0) is 0 Å². The van der Waals surface area contributed by atoms with Crippen molar-refractivity contribution in [2.45, 2.75) is 6.92 Å². The fourth-order valence-corrected chi connectivity index (χ4v) is 1.71. The summed E-state index contributed by atoms with van der Waals surface area (Å²) in [6.45, 7) is 5.65. The molecule has 0 aliphatic carbocycles. The van der Waals surface area contributed by atoms with Crippen molar-refractivity contribution in [2.75, 3.05) is 14.1 Å².